The fourth-order valence-corrected chi connectivity index (χ4v) is 1.62. The van der Waals surface area contributed by atoms with Crippen molar-refractivity contribution in [1.29, 1.82) is 0 Å². The second-order valence-corrected chi connectivity index (χ2v) is 3.51. The Morgan fingerprint density at radius 3 is 3.07 bits per heavy atom. The van der Waals surface area contributed by atoms with Crippen LogP contribution in [0.1, 0.15) is 40.9 Å². The molecule has 1 atom stereocenters. The van der Waals surface area contributed by atoms with E-state index in [0.717, 1.165) is 17.5 Å². The average molecular weight is 191 g/mol. The molecule has 0 aliphatic carbocycles. The molecule has 0 fully saturated rings. The fraction of sp³-hybridized carbons (Fsp3) is 0.364. The number of benzene rings is 1. The molecule has 1 aromatic rings. The summed E-state index contributed by atoms with van der Waals surface area (Å²) in [6.07, 6.45) is 0.896. The van der Waals surface area contributed by atoms with Crippen LogP contribution < -0.4 is 5.73 Å². The van der Waals surface area contributed by atoms with Crippen LogP contribution in [0.25, 0.3) is 0 Å². The Morgan fingerprint density at radius 1 is 1.57 bits per heavy atom. The normalized spacial score (nSPS) is 16.3. The Balaban J connectivity index is 2.37. The van der Waals surface area contributed by atoms with Gasteiger partial charge in [0.1, 0.15) is 6.61 Å². The molecule has 0 spiro atoms. The molecule has 0 radical (unpaired) electrons. The number of rotatable bonds is 2. The molecule has 0 unspecified atom stereocenters. The SMILES string of the molecule is CC[C@@H](N)c1ccc2c(c1)COC2=O. The van der Waals surface area contributed by atoms with Crippen LogP contribution in [-0.4, -0.2) is 5.97 Å². The highest BCUT2D eigenvalue weighted by Gasteiger charge is 2.21. The van der Waals surface area contributed by atoms with Gasteiger partial charge < -0.3 is 10.5 Å². The summed E-state index contributed by atoms with van der Waals surface area (Å²) >= 11 is 0. The maximum absolute atomic E-state index is 11.2. The second-order valence-electron chi connectivity index (χ2n) is 3.51. The quantitative estimate of drug-likeness (QED) is 0.725. The van der Waals surface area contributed by atoms with Gasteiger partial charge in [-0.1, -0.05) is 13.0 Å². The number of ether oxygens (including phenoxy) is 1. The number of fused-ring (bicyclic) bond motifs is 1. The van der Waals surface area contributed by atoms with E-state index in [-0.39, 0.29) is 12.0 Å². The number of carbonyl (C=O) groups is 1. The van der Waals surface area contributed by atoms with Gasteiger partial charge in [-0.3, -0.25) is 0 Å². The molecule has 3 heteroatoms. The van der Waals surface area contributed by atoms with Gasteiger partial charge in [0.15, 0.2) is 0 Å². The van der Waals surface area contributed by atoms with Crippen LogP contribution in [0.3, 0.4) is 0 Å². The minimum Gasteiger partial charge on any atom is -0.457 e. The topological polar surface area (TPSA) is 52.3 Å². The predicted octanol–water partition coefficient (Wildman–Crippen LogP) is 1.77. The maximum atomic E-state index is 11.2. The van der Waals surface area contributed by atoms with E-state index in [9.17, 15) is 4.79 Å². The predicted molar refractivity (Wildman–Crippen MR) is 52.8 cm³/mol. The van der Waals surface area contributed by atoms with Crippen molar-refractivity contribution in [3.8, 4) is 0 Å². The Kier molecular flexibility index (Phi) is 2.25. The first kappa shape index (κ1) is 9.21. The molecular weight excluding hydrogens is 178 g/mol. The third-order valence-electron chi connectivity index (χ3n) is 2.58. The van der Waals surface area contributed by atoms with E-state index < -0.39 is 0 Å². The smallest absolute Gasteiger partial charge is 0.338 e. The molecular formula is C11H13NO2. The third kappa shape index (κ3) is 1.40. The molecule has 14 heavy (non-hydrogen) atoms. The number of cyclic esters (lactones) is 1. The van der Waals surface area contributed by atoms with E-state index in [0.29, 0.717) is 12.2 Å². The Bertz CT molecular complexity index is 374. The van der Waals surface area contributed by atoms with Gasteiger partial charge in [-0.05, 0) is 24.1 Å². The molecule has 1 aliphatic rings. The zero-order chi connectivity index (χ0) is 10.1. The van der Waals surface area contributed by atoms with Crippen molar-refractivity contribution in [3.05, 3.63) is 34.9 Å². The van der Waals surface area contributed by atoms with Gasteiger partial charge in [0.25, 0.3) is 0 Å². The maximum Gasteiger partial charge on any atom is 0.338 e. The van der Waals surface area contributed by atoms with Crippen molar-refractivity contribution >= 4 is 5.97 Å². The van der Waals surface area contributed by atoms with Crippen LogP contribution in [0.4, 0.5) is 0 Å². The molecule has 0 saturated carbocycles. The summed E-state index contributed by atoms with van der Waals surface area (Å²) in [5, 5.41) is 0. The molecule has 0 amide bonds. The van der Waals surface area contributed by atoms with Gasteiger partial charge in [0, 0.05) is 11.6 Å². The first-order valence-electron chi connectivity index (χ1n) is 4.78. The first-order valence-corrected chi connectivity index (χ1v) is 4.78. The highest BCUT2D eigenvalue weighted by atomic mass is 16.5. The average Bonchev–Trinajstić information content (AvgIpc) is 2.59. The van der Waals surface area contributed by atoms with Crippen molar-refractivity contribution in [2.45, 2.75) is 26.0 Å². The number of esters is 1. The van der Waals surface area contributed by atoms with Gasteiger partial charge in [-0.15, -0.1) is 0 Å². The molecule has 0 bridgehead atoms. The lowest BCUT2D eigenvalue weighted by Gasteiger charge is -2.09. The minimum absolute atomic E-state index is 0.0519. The summed E-state index contributed by atoms with van der Waals surface area (Å²) in [5.41, 5.74) is 8.60. The molecule has 2 N–H and O–H groups in total. The fourth-order valence-electron chi connectivity index (χ4n) is 1.62. The Morgan fingerprint density at radius 2 is 2.36 bits per heavy atom. The van der Waals surface area contributed by atoms with Gasteiger partial charge in [0.05, 0.1) is 5.56 Å². The molecule has 2 rings (SSSR count). The molecule has 74 valence electrons. The lowest BCUT2D eigenvalue weighted by molar-refractivity contribution is 0.0535. The largest absolute Gasteiger partial charge is 0.457 e. The van der Waals surface area contributed by atoms with E-state index in [1.165, 1.54) is 0 Å². The zero-order valence-corrected chi connectivity index (χ0v) is 8.12. The Hall–Kier alpha value is -1.35. The first-order chi connectivity index (χ1) is 6.72. The van der Waals surface area contributed by atoms with E-state index in [4.69, 9.17) is 10.5 Å². The third-order valence-corrected chi connectivity index (χ3v) is 2.58. The lowest BCUT2D eigenvalue weighted by atomic mass is 10.0. The molecule has 1 aliphatic heterocycles. The minimum atomic E-state index is -0.225. The molecule has 3 nitrogen and oxygen atoms in total. The molecule has 0 saturated heterocycles. The van der Waals surface area contributed by atoms with Gasteiger partial charge in [0.2, 0.25) is 0 Å². The second kappa shape index (κ2) is 3.42. The van der Waals surface area contributed by atoms with Crippen LogP contribution in [0.15, 0.2) is 18.2 Å². The van der Waals surface area contributed by atoms with Crippen molar-refractivity contribution in [1.82, 2.24) is 0 Å². The monoisotopic (exact) mass is 191 g/mol. The summed E-state index contributed by atoms with van der Waals surface area (Å²) in [6, 6.07) is 5.72. The number of hydrogen-bond acceptors (Lipinski definition) is 3. The van der Waals surface area contributed by atoms with E-state index in [1.807, 2.05) is 19.1 Å². The van der Waals surface area contributed by atoms with Crippen molar-refractivity contribution in [2.24, 2.45) is 5.73 Å². The van der Waals surface area contributed by atoms with Crippen LogP contribution in [-0.2, 0) is 11.3 Å². The van der Waals surface area contributed by atoms with Gasteiger partial charge in [-0.2, -0.15) is 0 Å². The van der Waals surface area contributed by atoms with Crippen LogP contribution >= 0.6 is 0 Å². The summed E-state index contributed by atoms with van der Waals surface area (Å²) in [4.78, 5) is 11.2. The van der Waals surface area contributed by atoms with Crippen LogP contribution in [0, 0.1) is 0 Å². The lowest BCUT2D eigenvalue weighted by Crippen LogP contribution is -2.09. The summed E-state index contributed by atoms with van der Waals surface area (Å²) in [6.45, 7) is 2.43. The summed E-state index contributed by atoms with van der Waals surface area (Å²) in [7, 11) is 0. The highest BCUT2D eigenvalue weighted by molar-refractivity contribution is 5.93. The molecule has 1 heterocycles. The standard InChI is InChI=1S/C11H13NO2/c1-2-10(12)7-3-4-9-8(5-7)6-14-11(9)13/h3-5,10H,2,6,12H2,1H3/t10-/m1/s1. The number of carbonyl (C=O) groups excluding carboxylic acids is 1. The van der Waals surface area contributed by atoms with E-state index >= 15 is 0 Å². The zero-order valence-electron chi connectivity index (χ0n) is 8.12. The van der Waals surface area contributed by atoms with E-state index in [1.54, 1.807) is 6.07 Å². The van der Waals surface area contributed by atoms with Gasteiger partial charge >= 0.3 is 5.97 Å². The number of nitrogens with two attached hydrogens (primary N) is 1. The van der Waals surface area contributed by atoms with E-state index in [2.05, 4.69) is 0 Å². The van der Waals surface area contributed by atoms with Crippen molar-refractivity contribution in [3.63, 3.8) is 0 Å². The number of hydrogen-bond donors (Lipinski definition) is 1. The Labute approximate surface area is 82.9 Å². The molecule has 1 aromatic carbocycles. The highest BCUT2D eigenvalue weighted by Crippen LogP contribution is 2.24. The van der Waals surface area contributed by atoms with Crippen molar-refractivity contribution < 1.29 is 9.53 Å². The summed E-state index contributed by atoms with van der Waals surface area (Å²) < 4.78 is 4.91. The van der Waals surface area contributed by atoms with Crippen LogP contribution in [0.5, 0.6) is 0 Å². The molecule has 0 aromatic heterocycles. The van der Waals surface area contributed by atoms with Crippen LogP contribution in [0.2, 0.25) is 0 Å². The summed E-state index contributed by atoms with van der Waals surface area (Å²) in [5.74, 6) is -0.225. The van der Waals surface area contributed by atoms with Gasteiger partial charge in [-0.25, -0.2) is 4.79 Å². The van der Waals surface area contributed by atoms with Crippen molar-refractivity contribution in [2.75, 3.05) is 0 Å².